The van der Waals surface area contributed by atoms with Crippen LogP contribution in [0.25, 0.3) is 17.6 Å². The summed E-state index contributed by atoms with van der Waals surface area (Å²) in [4.78, 5) is 20.7. The summed E-state index contributed by atoms with van der Waals surface area (Å²) in [7, 11) is -10.2. The molecule has 1 aromatic carbocycles. The van der Waals surface area contributed by atoms with Crippen molar-refractivity contribution in [2.24, 2.45) is 5.84 Å². The molecular weight excluding hydrogens is 471 g/mol. The Balaban J connectivity index is 1.90. The first-order valence-corrected chi connectivity index (χ1v) is 10.2. The molecule has 0 spiro atoms. The Hall–Kier alpha value is -3.53. The number of alkyl halides is 2. The molecule has 3 rings (SSSR count). The Morgan fingerprint density at radius 3 is 2.41 bits per heavy atom. The topological polar surface area (TPSA) is 103 Å². The second-order valence-corrected chi connectivity index (χ2v) is 8.61. The van der Waals surface area contributed by atoms with E-state index in [4.69, 9.17) is 5.84 Å². The van der Waals surface area contributed by atoms with E-state index in [9.17, 15) is 33.0 Å². The number of anilines is 1. The first kappa shape index (κ1) is 23.1. The lowest BCUT2D eigenvalue weighted by Gasteiger charge is -2.40. The quantitative estimate of drug-likeness (QED) is 0.179. The van der Waals surface area contributed by atoms with Gasteiger partial charge in [-0.25, -0.2) is 34.3 Å². The van der Waals surface area contributed by atoms with Gasteiger partial charge in [-0.15, -0.1) is 5.10 Å². The van der Waals surface area contributed by atoms with Crippen molar-refractivity contribution in [2.45, 2.75) is 11.3 Å². The smallest absolute Gasteiger partial charge is 0.268 e. The Morgan fingerprint density at radius 1 is 1.09 bits per heavy atom. The van der Waals surface area contributed by atoms with Gasteiger partial charge in [0.15, 0.2) is 11.6 Å². The van der Waals surface area contributed by atoms with E-state index < -0.39 is 44.4 Å². The SMILES string of the molecule is NN(C(=O)/C=C\n1cnc(-c2cc(C(F)F)cc(S(F)(F)(F)(F)F)c2)n1)c1cnccn1. The van der Waals surface area contributed by atoms with Gasteiger partial charge in [-0.1, -0.05) is 19.4 Å². The summed E-state index contributed by atoms with van der Waals surface area (Å²) in [6.07, 6.45) is 3.18. The van der Waals surface area contributed by atoms with Crippen LogP contribution in [0.5, 0.6) is 0 Å². The third-order valence-corrected chi connectivity index (χ3v) is 4.92. The van der Waals surface area contributed by atoms with E-state index in [2.05, 4.69) is 20.1 Å². The van der Waals surface area contributed by atoms with Gasteiger partial charge in [-0.2, -0.15) is 0 Å². The van der Waals surface area contributed by atoms with E-state index in [1.807, 2.05) is 0 Å². The van der Waals surface area contributed by atoms with Gasteiger partial charge in [-0.05, 0) is 18.2 Å². The molecule has 2 N–H and O–H groups in total. The van der Waals surface area contributed by atoms with Crippen molar-refractivity contribution in [2.75, 3.05) is 5.01 Å². The molecular formula is C16H12F7N7OS. The molecule has 0 unspecified atom stereocenters. The van der Waals surface area contributed by atoms with Gasteiger partial charge in [-0.3, -0.25) is 9.78 Å². The normalized spacial score (nSPS) is 14.4. The summed E-state index contributed by atoms with van der Waals surface area (Å²) in [5, 5.41) is 4.32. The zero-order chi connectivity index (χ0) is 23.8. The van der Waals surface area contributed by atoms with Crippen LogP contribution in [0.4, 0.5) is 34.0 Å². The van der Waals surface area contributed by atoms with Gasteiger partial charge in [0.2, 0.25) is 0 Å². The van der Waals surface area contributed by atoms with Gasteiger partial charge in [0.25, 0.3) is 12.3 Å². The van der Waals surface area contributed by atoms with Gasteiger partial charge in [0.05, 0.1) is 6.20 Å². The van der Waals surface area contributed by atoms with Crippen molar-refractivity contribution in [3.63, 3.8) is 0 Å². The van der Waals surface area contributed by atoms with Crippen LogP contribution in [-0.2, 0) is 4.79 Å². The highest BCUT2D eigenvalue weighted by atomic mass is 32.5. The summed E-state index contributed by atoms with van der Waals surface area (Å²) in [5.41, 5.74) is -2.00. The van der Waals surface area contributed by atoms with Crippen LogP contribution in [-0.4, -0.2) is 30.6 Å². The minimum absolute atomic E-state index is 0.00812. The average molecular weight is 483 g/mol. The summed E-state index contributed by atoms with van der Waals surface area (Å²) in [5.74, 6) is 4.21. The summed E-state index contributed by atoms with van der Waals surface area (Å²) < 4.78 is 92.6. The third kappa shape index (κ3) is 5.38. The monoisotopic (exact) mass is 483 g/mol. The van der Waals surface area contributed by atoms with Crippen LogP contribution in [0.1, 0.15) is 12.0 Å². The molecule has 1 amide bonds. The number of hydrogen-bond donors (Lipinski definition) is 1. The van der Waals surface area contributed by atoms with E-state index in [1.54, 1.807) is 0 Å². The Labute approximate surface area is 174 Å². The van der Waals surface area contributed by atoms with E-state index in [-0.39, 0.29) is 18.0 Å². The van der Waals surface area contributed by atoms with Crippen LogP contribution < -0.4 is 10.9 Å². The molecule has 0 saturated heterocycles. The first-order chi connectivity index (χ1) is 14.6. The maximum absolute atomic E-state index is 13.2. The number of carbonyl (C=O) groups excluding carboxylic acids is 1. The molecule has 0 fully saturated rings. The molecule has 2 heterocycles. The fourth-order valence-corrected chi connectivity index (χ4v) is 3.04. The molecule has 0 aliphatic heterocycles. The lowest BCUT2D eigenvalue weighted by molar-refractivity contribution is -0.114. The zero-order valence-electron chi connectivity index (χ0n) is 15.5. The number of hydrogen-bond acceptors (Lipinski definition) is 6. The molecule has 0 radical (unpaired) electrons. The van der Waals surface area contributed by atoms with Crippen molar-refractivity contribution in [1.82, 2.24) is 24.7 Å². The molecule has 32 heavy (non-hydrogen) atoms. The fourth-order valence-electron chi connectivity index (χ4n) is 2.33. The van der Waals surface area contributed by atoms with Crippen LogP contribution in [0.3, 0.4) is 0 Å². The maximum atomic E-state index is 13.2. The molecule has 8 nitrogen and oxygen atoms in total. The number of amides is 1. The van der Waals surface area contributed by atoms with Crippen LogP contribution in [0, 0.1) is 0 Å². The Morgan fingerprint density at radius 2 is 1.81 bits per heavy atom. The third-order valence-electron chi connectivity index (χ3n) is 3.80. The molecule has 16 heteroatoms. The van der Waals surface area contributed by atoms with Crippen molar-refractivity contribution in [3.8, 4) is 11.4 Å². The van der Waals surface area contributed by atoms with Crippen molar-refractivity contribution in [1.29, 1.82) is 0 Å². The summed E-state index contributed by atoms with van der Waals surface area (Å²) in [6, 6.07) is 0.229. The number of rotatable bonds is 6. The zero-order valence-corrected chi connectivity index (χ0v) is 16.3. The molecule has 0 aliphatic carbocycles. The Kier molecular flexibility index (Phi) is 5.25. The number of aromatic nitrogens is 5. The van der Waals surface area contributed by atoms with E-state index in [0.717, 1.165) is 23.3 Å². The number of halogens is 7. The number of carbonyl (C=O) groups is 1. The fraction of sp³-hybridized carbons (Fsp3) is 0.0625. The highest BCUT2D eigenvalue weighted by Gasteiger charge is 2.65. The second kappa shape index (κ2) is 7.27. The van der Waals surface area contributed by atoms with Crippen LogP contribution in [0.2, 0.25) is 0 Å². The molecule has 0 atom stereocenters. The predicted molar refractivity (Wildman–Crippen MR) is 101 cm³/mol. The minimum atomic E-state index is -10.2. The predicted octanol–water partition coefficient (Wildman–Crippen LogP) is 4.71. The Bertz CT molecular complexity index is 1180. The highest BCUT2D eigenvalue weighted by molar-refractivity contribution is 8.45. The number of benzene rings is 1. The van der Waals surface area contributed by atoms with E-state index in [0.29, 0.717) is 11.1 Å². The highest BCUT2D eigenvalue weighted by Crippen LogP contribution is 3.02. The lowest BCUT2D eigenvalue weighted by atomic mass is 10.1. The number of nitrogens with zero attached hydrogens (tertiary/aromatic N) is 6. The van der Waals surface area contributed by atoms with E-state index in [1.165, 1.54) is 18.6 Å². The van der Waals surface area contributed by atoms with Crippen LogP contribution in [0.15, 0.2) is 54.1 Å². The number of nitrogens with two attached hydrogens (primary N) is 1. The van der Waals surface area contributed by atoms with Crippen molar-refractivity contribution in [3.05, 3.63) is 54.8 Å². The summed E-state index contributed by atoms with van der Waals surface area (Å²) in [6.45, 7) is 0. The molecule has 2 aromatic heterocycles. The minimum Gasteiger partial charge on any atom is -0.268 e. The largest absolute Gasteiger partial charge is 0.310 e. The molecule has 0 saturated carbocycles. The maximum Gasteiger partial charge on any atom is 0.310 e. The average Bonchev–Trinajstić information content (AvgIpc) is 3.19. The van der Waals surface area contributed by atoms with Gasteiger partial charge >= 0.3 is 10.2 Å². The van der Waals surface area contributed by atoms with Gasteiger partial charge < -0.3 is 0 Å². The lowest BCUT2D eigenvalue weighted by Crippen LogP contribution is -2.36. The van der Waals surface area contributed by atoms with Gasteiger partial charge in [0, 0.05) is 35.8 Å². The molecule has 0 bridgehead atoms. The molecule has 3 aromatic rings. The van der Waals surface area contributed by atoms with Crippen molar-refractivity contribution < 1.29 is 33.0 Å². The van der Waals surface area contributed by atoms with Crippen LogP contribution >= 0.6 is 10.2 Å². The summed E-state index contributed by atoms with van der Waals surface area (Å²) >= 11 is 0. The second-order valence-electron chi connectivity index (χ2n) is 6.20. The molecule has 0 aliphatic rings. The number of hydrazine groups is 1. The van der Waals surface area contributed by atoms with Crippen molar-refractivity contribution >= 4 is 28.1 Å². The van der Waals surface area contributed by atoms with Gasteiger partial charge in [0.1, 0.15) is 11.2 Å². The standard InChI is InChI=1S/C16H12F7N7OS/c17-15(18)10-5-11(7-12(6-10)32(19,20,21,22)23)16-27-9-29(28-16)4-1-14(31)30(24)13-8-25-2-3-26-13/h1-9,15H,24H2/b4-1-. The first-order valence-electron chi connectivity index (χ1n) is 8.26. The van der Waals surface area contributed by atoms with E-state index >= 15 is 0 Å². The molecule has 172 valence electrons.